The normalized spacial score (nSPS) is 14.4. The number of nitrogens with two attached hydrogens (primary N) is 1. The van der Waals surface area contributed by atoms with E-state index in [0.717, 1.165) is 10.9 Å². The summed E-state index contributed by atoms with van der Waals surface area (Å²) in [5.74, 6) is -4.98. The Bertz CT molecular complexity index is 1140. The van der Waals surface area contributed by atoms with Gasteiger partial charge in [-0.1, -0.05) is 32.0 Å². The summed E-state index contributed by atoms with van der Waals surface area (Å²) in [4.78, 5) is 63.9. The van der Waals surface area contributed by atoms with E-state index in [1.54, 1.807) is 6.20 Å². The highest BCUT2D eigenvalue weighted by atomic mass is 32.1. The fraction of sp³-hybridized carbons (Fsp3) is 0.458. The van der Waals surface area contributed by atoms with Gasteiger partial charge < -0.3 is 36.9 Å². The maximum Gasteiger partial charge on any atom is 0.326 e. The first kappa shape index (κ1) is 29.6. The molecule has 8 N–H and O–H groups in total. The lowest BCUT2D eigenvalue weighted by Crippen LogP contribution is -2.58. The second-order valence-electron chi connectivity index (χ2n) is 9.10. The van der Waals surface area contributed by atoms with Gasteiger partial charge in [0, 0.05) is 29.3 Å². The minimum absolute atomic E-state index is 0.00578. The number of carboxylic acid groups (broad SMARTS) is 2. The summed E-state index contributed by atoms with van der Waals surface area (Å²) in [7, 11) is 0. The third kappa shape index (κ3) is 8.79. The van der Waals surface area contributed by atoms with Gasteiger partial charge in [-0.25, -0.2) is 4.79 Å². The number of hydrogen-bond acceptors (Lipinski definition) is 7. The van der Waals surface area contributed by atoms with Crippen LogP contribution in [0.15, 0.2) is 30.5 Å². The zero-order valence-electron chi connectivity index (χ0n) is 20.6. The lowest BCUT2D eigenvalue weighted by molar-refractivity contribution is -0.142. The number of carboxylic acids is 2. The molecule has 13 heteroatoms. The van der Waals surface area contributed by atoms with Crippen molar-refractivity contribution >= 4 is 53.2 Å². The molecule has 12 nitrogen and oxygen atoms in total. The first-order valence-corrected chi connectivity index (χ1v) is 12.3. The van der Waals surface area contributed by atoms with Gasteiger partial charge in [0.15, 0.2) is 0 Å². The fourth-order valence-electron chi connectivity index (χ4n) is 3.72. The number of carbonyl (C=O) groups excluding carboxylic acids is 3. The first-order chi connectivity index (χ1) is 17.4. The lowest BCUT2D eigenvalue weighted by Gasteiger charge is -2.25. The number of aromatic amines is 1. The molecule has 1 aromatic carbocycles. The van der Waals surface area contributed by atoms with Gasteiger partial charge >= 0.3 is 11.9 Å². The minimum Gasteiger partial charge on any atom is -0.481 e. The summed E-state index contributed by atoms with van der Waals surface area (Å²) in [6.45, 7) is 3.63. The summed E-state index contributed by atoms with van der Waals surface area (Å²) in [6, 6.07) is 2.43. The maximum atomic E-state index is 12.9. The molecule has 0 aliphatic heterocycles. The van der Waals surface area contributed by atoms with Crippen molar-refractivity contribution in [2.45, 2.75) is 57.3 Å². The monoisotopic (exact) mass is 535 g/mol. The van der Waals surface area contributed by atoms with Crippen LogP contribution in [0.2, 0.25) is 0 Å². The molecule has 1 heterocycles. The average molecular weight is 536 g/mol. The molecule has 0 fully saturated rings. The second kappa shape index (κ2) is 13.7. The van der Waals surface area contributed by atoms with Crippen LogP contribution in [0.4, 0.5) is 0 Å². The second-order valence-corrected chi connectivity index (χ2v) is 9.47. The van der Waals surface area contributed by atoms with Crippen molar-refractivity contribution in [3.8, 4) is 0 Å². The number of aliphatic carboxylic acids is 2. The van der Waals surface area contributed by atoms with Crippen LogP contribution < -0.4 is 21.7 Å². The van der Waals surface area contributed by atoms with E-state index in [2.05, 4.69) is 33.6 Å². The van der Waals surface area contributed by atoms with E-state index < -0.39 is 60.2 Å². The molecule has 0 saturated carbocycles. The number of hydrogen-bond donors (Lipinski definition) is 8. The highest BCUT2D eigenvalue weighted by Crippen LogP contribution is 2.19. The molecule has 1 aromatic heterocycles. The Balaban J connectivity index is 2.09. The van der Waals surface area contributed by atoms with E-state index in [9.17, 15) is 29.1 Å². The van der Waals surface area contributed by atoms with Crippen molar-refractivity contribution in [1.29, 1.82) is 0 Å². The highest BCUT2D eigenvalue weighted by Gasteiger charge is 2.30. The Morgan fingerprint density at radius 2 is 1.54 bits per heavy atom. The standard InChI is InChI=1S/C24H33N5O7S/c1-12(2)7-17(27-21(32)15(25)9-20(30)31)22(33)29-19(11-37)23(34)28-18(24(35)36)8-13-10-26-16-6-4-3-5-14(13)16/h3-6,10,12,15,17-19,26,37H,7-9,11,25H2,1-2H3,(H,27,32)(H,28,34)(H,29,33)(H,30,31)(H,35,36). The Hall–Kier alpha value is -3.58. The highest BCUT2D eigenvalue weighted by molar-refractivity contribution is 7.80. The summed E-state index contributed by atoms with van der Waals surface area (Å²) < 4.78 is 0. The SMILES string of the molecule is CC(C)CC(NC(=O)C(N)CC(=O)O)C(=O)NC(CS)C(=O)NC(Cc1c[nH]c2ccccc12)C(=O)O. The van der Waals surface area contributed by atoms with E-state index in [1.807, 2.05) is 38.1 Å². The number of carbonyl (C=O) groups is 5. The molecule has 4 atom stereocenters. The quantitative estimate of drug-likeness (QED) is 0.155. The number of para-hydroxylation sites is 1. The van der Waals surface area contributed by atoms with Crippen LogP contribution in [0.1, 0.15) is 32.3 Å². The van der Waals surface area contributed by atoms with Gasteiger partial charge in [0.05, 0.1) is 12.5 Å². The third-order valence-electron chi connectivity index (χ3n) is 5.60. The molecule has 2 aromatic rings. The minimum atomic E-state index is -1.36. The van der Waals surface area contributed by atoms with Gasteiger partial charge in [0.1, 0.15) is 18.1 Å². The van der Waals surface area contributed by atoms with Crippen molar-refractivity contribution in [2.24, 2.45) is 11.7 Å². The summed E-state index contributed by atoms with van der Waals surface area (Å²) in [5, 5.41) is 26.7. The van der Waals surface area contributed by atoms with Crippen LogP contribution in [0, 0.1) is 5.92 Å². The number of amides is 3. The Morgan fingerprint density at radius 3 is 2.14 bits per heavy atom. The molecule has 0 saturated heterocycles. The smallest absolute Gasteiger partial charge is 0.326 e. The molecule has 0 bridgehead atoms. The lowest BCUT2D eigenvalue weighted by atomic mass is 10.0. The number of thiol groups is 1. The number of fused-ring (bicyclic) bond motifs is 1. The maximum absolute atomic E-state index is 12.9. The van der Waals surface area contributed by atoms with E-state index in [1.165, 1.54) is 0 Å². The van der Waals surface area contributed by atoms with Crippen LogP contribution in [0.5, 0.6) is 0 Å². The van der Waals surface area contributed by atoms with Crippen LogP contribution in [0.25, 0.3) is 10.9 Å². The van der Waals surface area contributed by atoms with E-state index in [4.69, 9.17) is 10.8 Å². The van der Waals surface area contributed by atoms with Crippen molar-refractivity contribution in [1.82, 2.24) is 20.9 Å². The zero-order valence-corrected chi connectivity index (χ0v) is 21.5. The van der Waals surface area contributed by atoms with Gasteiger partial charge in [-0.2, -0.15) is 12.6 Å². The van der Waals surface area contributed by atoms with Crippen molar-refractivity contribution in [3.63, 3.8) is 0 Å². The van der Waals surface area contributed by atoms with E-state index in [0.29, 0.717) is 5.56 Å². The average Bonchev–Trinajstić information content (AvgIpc) is 3.23. The molecule has 2 rings (SSSR count). The van der Waals surface area contributed by atoms with Gasteiger partial charge in [0.2, 0.25) is 17.7 Å². The number of benzene rings is 1. The van der Waals surface area contributed by atoms with Gasteiger partial charge in [0.25, 0.3) is 0 Å². The van der Waals surface area contributed by atoms with Crippen LogP contribution in [0.3, 0.4) is 0 Å². The van der Waals surface area contributed by atoms with Crippen LogP contribution in [-0.4, -0.2) is 74.8 Å². The Labute approximate surface area is 219 Å². The molecule has 4 unspecified atom stereocenters. The van der Waals surface area contributed by atoms with Crippen molar-refractivity contribution in [3.05, 3.63) is 36.0 Å². The molecule has 3 amide bonds. The third-order valence-corrected chi connectivity index (χ3v) is 5.97. The molecule has 0 spiro atoms. The molecule has 202 valence electrons. The number of rotatable bonds is 14. The van der Waals surface area contributed by atoms with Gasteiger partial charge in [-0.3, -0.25) is 19.2 Å². The molecule has 0 aliphatic rings. The Kier molecular flexibility index (Phi) is 10.9. The number of H-pyrrole nitrogens is 1. The van der Waals surface area contributed by atoms with Crippen molar-refractivity contribution < 1.29 is 34.2 Å². The summed E-state index contributed by atoms with van der Waals surface area (Å²) >= 11 is 4.12. The van der Waals surface area contributed by atoms with Crippen LogP contribution >= 0.6 is 12.6 Å². The summed E-state index contributed by atoms with van der Waals surface area (Å²) in [5.41, 5.74) is 7.12. The van der Waals surface area contributed by atoms with Crippen LogP contribution in [-0.2, 0) is 30.4 Å². The molecule has 37 heavy (non-hydrogen) atoms. The Morgan fingerprint density at radius 1 is 0.946 bits per heavy atom. The zero-order chi connectivity index (χ0) is 27.7. The molecule has 0 aliphatic carbocycles. The number of aromatic nitrogens is 1. The van der Waals surface area contributed by atoms with E-state index in [-0.39, 0.29) is 24.5 Å². The fourth-order valence-corrected chi connectivity index (χ4v) is 3.98. The predicted octanol–water partition coefficient (Wildman–Crippen LogP) is 0.0273. The molecular weight excluding hydrogens is 502 g/mol. The summed E-state index contributed by atoms with van der Waals surface area (Å²) in [6.07, 6.45) is 1.26. The topological polar surface area (TPSA) is 204 Å². The largest absolute Gasteiger partial charge is 0.481 e. The van der Waals surface area contributed by atoms with Gasteiger partial charge in [-0.15, -0.1) is 0 Å². The molecule has 0 radical (unpaired) electrons. The van der Waals surface area contributed by atoms with Gasteiger partial charge in [-0.05, 0) is 24.0 Å². The van der Waals surface area contributed by atoms with Crippen molar-refractivity contribution in [2.75, 3.05) is 5.75 Å². The molecular formula is C24H33N5O7S. The van der Waals surface area contributed by atoms with E-state index >= 15 is 0 Å². The predicted molar refractivity (Wildman–Crippen MR) is 139 cm³/mol. The number of nitrogens with one attached hydrogen (secondary N) is 4. The first-order valence-electron chi connectivity index (χ1n) is 11.7.